The molecular formula is C16H23N7O8S. The molecule has 2 atom stereocenters. The van der Waals surface area contributed by atoms with Crippen LogP contribution in [0.1, 0.15) is 43.1 Å². The Morgan fingerprint density at radius 2 is 2.12 bits per heavy atom. The summed E-state index contributed by atoms with van der Waals surface area (Å²) in [7, 11) is -1.91. The topological polar surface area (TPSA) is 185 Å². The fraction of sp³-hybridized carbons (Fsp3) is 0.562. The number of aliphatic imine (C=N–C) groups is 1. The molecule has 2 bridgehead atoms. The molecule has 3 amide bonds. The standard InChI is InChI=1S/C16H23N7O8S/c1-9(24)18-6-4-5-12(25)30-20-15(17-2)14-13-10(7-19-21(13)3)11-8-22(14)16(26)23(11)31-32(27,28)29/h7,11,14H,4-6,8H2,1-3H3,(H,17,20)(H,18,24)(H,27,28,29)/t11-,14-/m0/s1. The molecule has 1 fully saturated rings. The number of aromatic nitrogens is 2. The highest BCUT2D eigenvalue weighted by Crippen LogP contribution is 2.44. The van der Waals surface area contributed by atoms with Crippen molar-refractivity contribution in [1.29, 1.82) is 0 Å². The van der Waals surface area contributed by atoms with Crippen molar-refractivity contribution in [2.24, 2.45) is 12.0 Å². The number of fused-ring (bicyclic) bond motifs is 4. The quantitative estimate of drug-likeness (QED) is 0.146. The van der Waals surface area contributed by atoms with E-state index in [1.54, 1.807) is 7.05 Å². The van der Waals surface area contributed by atoms with Crippen LogP contribution in [0.3, 0.4) is 0 Å². The van der Waals surface area contributed by atoms with E-state index in [2.05, 4.69) is 25.2 Å². The lowest BCUT2D eigenvalue weighted by molar-refractivity contribution is -0.148. The van der Waals surface area contributed by atoms with E-state index in [0.717, 1.165) is 0 Å². The van der Waals surface area contributed by atoms with Crippen LogP contribution in [0.5, 0.6) is 0 Å². The van der Waals surface area contributed by atoms with E-state index in [1.807, 2.05) is 0 Å². The molecule has 0 spiro atoms. The Bertz CT molecular complexity index is 1050. The first kappa shape index (κ1) is 23.4. The van der Waals surface area contributed by atoms with Gasteiger partial charge in [0.1, 0.15) is 12.1 Å². The number of nitrogens with zero attached hydrogens (tertiary/aromatic N) is 5. The molecule has 16 heteroatoms. The Morgan fingerprint density at radius 3 is 2.75 bits per heavy atom. The average Bonchev–Trinajstić information content (AvgIpc) is 3.21. The van der Waals surface area contributed by atoms with E-state index in [4.69, 9.17) is 9.39 Å². The Morgan fingerprint density at radius 1 is 1.41 bits per heavy atom. The molecule has 3 N–H and O–H groups in total. The number of rotatable bonds is 7. The molecule has 1 aromatic heterocycles. The molecule has 0 saturated carbocycles. The van der Waals surface area contributed by atoms with Crippen LogP contribution in [0, 0.1) is 0 Å². The highest BCUT2D eigenvalue weighted by molar-refractivity contribution is 7.80. The molecule has 15 nitrogen and oxygen atoms in total. The molecule has 3 heterocycles. The van der Waals surface area contributed by atoms with Gasteiger partial charge in [-0.1, -0.05) is 0 Å². The second kappa shape index (κ2) is 9.09. The van der Waals surface area contributed by atoms with E-state index in [1.165, 1.54) is 29.7 Å². The molecule has 0 unspecified atom stereocenters. The van der Waals surface area contributed by atoms with Crippen molar-refractivity contribution in [2.45, 2.75) is 31.8 Å². The molecule has 0 radical (unpaired) electrons. The molecule has 176 valence electrons. The smallest absolute Gasteiger partial charge is 0.356 e. The summed E-state index contributed by atoms with van der Waals surface area (Å²) in [4.78, 5) is 46.1. The van der Waals surface area contributed by atoms with Crippen molar-refractivity contribution in [3.05, 3.63) is 17.5 Å². The lowest BCUT2D eigenvalue weighted by Gasteiger charge is -2.31. The fourth-order valence-corrected chi connectivity index (χ4v) is 3.96. The third-order valence-corrected chi connectivity index (χ3v) is 5.26. The van der Waals surface area contributed by atoms with Gasteiger partial charge in [-0.2, -0.15) is 18.6 Å². The zero-order valence-corrected chi connectivity index (χ0v) is 18.3. The maximum atomic E-state index is 12.8. The summed E-state index contributed by atoms with van der Waals surface area (Å²) in [6.07, 6.45) is 1.83. The van der Waals surface area contributed by atoms with Gasteiger partial charge in [-0.05, 0) is 6.42 Å². The number of amides is 3. The zero-order chi connectivity index (χ0) is 23.6. The van der Waals surface area contributed by atoms with E-state index >= 15 is 0 Å². The van der Waals surface area contributed by atoms with Gasteiger partial charge in [0, 0.05) is 39.5 Å². The van der Waals surface area contributed by atoms with Crippen LogP contribution in [0.25, 0.3) is 0 Å². The Hall–Kier alpha value is -3.24. The summed E-state index contributed by atoms with van der Waals surface area (Å²) < 4.78 is 37.4. The normalized spacial score (nSPS) is 20.2. The van der Waals surface area contributed by atoms with Crippen LogP contribution in [-0.2, 0) is 36.2 Å². The number of amidine groups is 1. The van der Waals surface area contributed by atoms with E-state index < -0.39 is 34.5 Å². The second-order valence-electron chi connectivity index (χ2n) is 7.06. The maximum Gasteiger partial charge on any atom is 0.418 e. The molecule has 32 heavy (non-hydrogen) atoms. The molecule has 0 aromatic carbocycles. The van der Waals surface area contributed by atoms with Gasteiger partial charge in [0.05, 0.1) is 18.4 Å². The van der Waals surface area contributed by atoms with E-state index in [9.17, 15) is 22.8 Å². The number of urea groups is 1. The Balaban J connectivity index is 1.77. The van der Waals surface area contributed by atoms with Crippen molar-refractivity contribution < 1.29 is 36.5 Å². The number of hydroxylamine groups is 3. The molecule has 0 aliphatic carbocycles. The van der Waals surface area contributed by atoms with Gasteiger partial charge < -0.3 is 15.1 Å². The lowest BCUT2D eigenvalue weighted by atomic mass is 9.97. The number of hydrogen-bond acceptors (Lipinski definition) is 9. The van der Waals surface area contributed by atoms with Crippen LogP contribution in [-0.4, -0.2) is 76.6 Å². The number of hydrogen-bond donors (Lipinski definition) is 3. The fourth-order valence-electron chi connectivity index (χ4n) is 3.59. The summed E-state index contributed by atoms with van der Waals surface area (Å²) in [5.41, 5.74) is 3.44. The first-order valence-corrected chi connectivity index (χ1v) is 10.9. The third kappa shape index (κ3) is 4.81. The number of aryl methyl sites for hydroxylation is 1. The van der Waals surface area contributed by atoms with Gasteiger partial charge in [0.15, 0.2) is 5.84 Å². The van der Waals surface area contributed by atoms with Crippen LogP contribution in [0.15, 0.2) is 11.2 Å². The van der Waals surface area contributed by atoms with Gasteiger partial charge in [-0.3, -0.25) is 19.0 Å². The number of nitrogens with one attached hydrogen (secondary N) is 2. The molecule has 2 aliphatic rings. The Labute approximate surface area is 183 Å². The zero-order valence-electron chi connectivity index (χ0n) is 17.5. The summed E-state index contributed by atoms with van der Waals surface area (Å²) in [5.74, 6) is -0.730. The van der Waals surface area contributed by atoms with Crippen molar-refractivity contribution >= 4 is 34.1 Å². The van der Waals surface area contributed by atoms with Crippen LogP contribution >= 0.6 is 0 Å². The summed E-state index contributed by atoms with van der Waals surface area (Å²) in [6.45, 7) is 1.70. The molecular weight excluding hydrogens is 450 g/mol. The van der Waals surface area contributed by atoms with Crippen molar-refractivity contribution in [2.75, 3.05) is 20.1 Å². The molecule has 2 aliphatic heterocycles. The minimum Gasteiger partial charge on any atom is -0.356 e. The minimum atomic E-state index is -4.95. The largest absolute Gasteiger partial charge is 0.418 e. The van der Waals surface area contributed by atoms with Crippen molar-refractivity contribution in [3.63, 3.8) is 0 Å². The SMILES string of the molecule is CN=C(NOC(=O)CCCNC(C)=O)[C@@H]1c2c(cnn2C)[C@@H]2CN1C(=O)N2OS(=O)(=O)O. The number of carbonyl (C=O) groups is 3. The first-order chi connectivity index (χ1) is 15.0. The summed E-state index contributed by atoms with van der Waals surface area (Å²) in [6, 6.07) is -2.56. The van der Waals surface area contributed by atoms with Gasteiger partial charge in [-0.25, -0.2) is 15.1 Å². The average molecular weight is 473 g/mol. The van der Waals surface area contributed by atoms with Gasteiger partial charge in [-0.15, -0.1) is 4.28 Å². The molecule has 3 rings (SSSR count). The van der Waals surface area contributed by atoms with E-state index in [-0.39, 0.29) is 24.7 Å². The van der Waals surface area contributed by atoms with Crippen LogP contribution in [0.2, 0.25) is 0 Å². The molecule has 1 saturated heterocycles. The predicted octanol–water partition coefficient (Wildman–Crippen LogP) is -1.02. The maximum absolute atomic E-state index is 12.8. The van der Waals surface area contributed by atoms with Crippen LogP contribution < -0.4 is 10.8 Å². The lowest BCUT2D eigenvalue weighted by Crippen LogP contribution is -2.45. The number of carbonyl (C=O) groups excluding carboxylic acids is 3. The van der Waals surface area contributed by atoms with Gasteiger partial charge in [0.25, 0.3) is 0 Å². The summed E-state index contributed by atoms with van der Waals surface area (Å²) in [5, 5.41) is 7.28. The predicted molar refractivity (Wildman–Crippen MR) is 106 cm³/mol. The second-order valence-corrected chi connectivity index (χ2v) is 8.07. The minimum absolute atomic E-state index is 0.0169. The monoisotopic (exact) mass is 473 g/mol. The van der Waals surface area contributed by atoms with Gasteiger partial charge in [0.2, 0.25) is 5.91 Å². The molecule has 1 aromatic rings. The Kier molecular flexibility index (Phi) is 6.65. The van der Waals surface area contributed by atoms with Crippen molar-refractivity contribution in [1.82, 2.24) is 30.5 Å². The highest BCUT2D eigenvalue weighted by atomic mass is 32.3. The van der Waals surface area contributed by atoms with Gasteiger partial charge >= 0.3 is 22.4 Å². The highest BCUT2D eigenvalue weighted by Gasteiger charge is 2.53. The third-order valence-electron chi connectivity index (χ3n) is 4.91. The van der Waals surface area contributed by atoms with Crippen LogP contribution in [0.4, 0.5) is 4.79 Å². The van der Waals surface area contributed by atoms with E-state index in [0.29, 0.717) is 29.3 Å². The summed E-state index contributed by atoms with van der Waals surface area (Å²) >= 11 is 0. The van der Waals surface area contributed by atoms with Crippen molar-refractivity contribution in [3.8, 4) is 0 Å². The first-order valence-electron chi connectivity index (χ1n) is 9.49.